The normalized spacial score (nSPS) is 44.3. The third-order valence-corrected chi connectivity index (χ3v) is 5.70. The highest BCUT2D eigenvalue weighted by Crippen LogP contribution is 2.51. The summed E-state index contributed by atoms with van der Waals surface area (Å²) in [5.74, 6) is 0.804. The molecular formula is C15H27NO2. The average Bonchev–Trinajstić information content (AvgIpc) is 2.72. The first-order chi connectivity index (χ1) is 8.62. The average molecular weight is 253 g/mol. The Balaban J connectivity index is 1.70. The van der Waals surface area contributed by atoms with Crippen LogP contribution in [0, 0.1) is 11.3 Å². The van der Waals surface area contributed by atoms with Gasteiger partial charge in [-0.3, -0.25) is 0 Å². The van der Waals surface area contributed by atoms with Crippen molar-refractivity contribution in [1.29, 1.82) is 0 Å². The Bertz CT molecular complexity index is 295. The van der Waals surface area contributed by atoms with Crippen LogP contribution in [0.4, 0.5) is 0 Å². The second kappa shape index (κ2) is 4.77. The van der Waals surface area contributed by atoms with Crippen LogP contribution in [-0.4, -0.2) is 31.5 Å². The topological polar surface area (TPSA) is 44.5 Å². The van der Waals surface area contributed by atoms with Gasteiger partial charge in [-0.2, -0.15) is 0 Å². The van der Waals surface area contributed by atoms with Crippen molar-refractivity contribution in [3.63, 3.8) is 0 Å². The van der Waals surface area contributed by atoms with Gasteiger partial charge in [0.15, 0.2) is 0 Å². The molecule has 0 bridgehead atoms. The smallest absolute Gasteiger partial charge is 0.0729 e. The predicted octanol–water partition coefficient (Wildman–Crippen LogP) is 2.48. The van der Waals surface area contributed by atoms with Crippen LogP contribution in [0.25, 0.3) is 0 Å². The zero-order chi connectivity index (χ0) is 12.6. The van der Waals surface area contributed by atoms with E-state index in [1.54, 1.807) is 0 Å². The lowest BCUT2D eigenvalue weighted by Gasteiger charge is -2.48. The van der Waals surface area contributed by atoms with Crippen molar-refractivity contribution in [2.45, 2.75) is 63.5 Å². The lowest BCUT2D eigenvalue weighted by atomic mass is 9.67. The summed E-state index contributed by atoms with van der Waals surface area (Å²) >= 11 is 0. The molecule has 0 aromatic rings. The van der Waals surface area contributed by atoms with Gasteiger partial charge in [0.05, 0.1) is 5.60 Å². The molecule has 2 heterocycles. The summed E-state index contributed by atoms with van der Waals surface area (Å²) in [4.78, 5) is 0. The second-order valence-electron chi connectivity index (χ2n) is 6.99. The molecule has 2 saturated heterocycles. The van der Waals surface area contributed by atoms with Gasteiger partial charge in [-0.15, -0.1) is 0 Å². The molecule has 2 aliphatic heterocycles. The van der Waals surface area contributed by atoms with Gasteiger partial charge in [0.1, 0.15) is 0 Å². The molecule has 3 unspecified atom stereocenters. The minimum Gasteiger partial charge on any atom is -0.381 e. The number of ether oxygens (including phenoxy) is 2. The Morgan fingerprint density at radius 2 is 1.78 bits per heavy atom. The van der Waals surface area contributed by atoms with Crippen LogP contribution >= 0.6 is 0 Å². The zero-order valence-corrected chi connectivity index (χ0v) is 11.6. The quantitative estimate of drug-likeness (QED) is 0.781. The van der Waals surface area contributed by atoms with E-state index >= 15 is 0 Å². The Morgan fingerprint density at radius 1 is 1.00 bits per heavy atom. The summed E-state index contributed by atoms with van der Waals surface area (Å²) in [6.45, 7) is 5.16. The van der Waals surface area contributed by atoms with Gasteiger partial charge in [-0.05, 0) is 56.3 Å². The molecule has 18 heavy (non-hydrogen) atoms. The number of hydrogen-bond acceptors (Lipinski definition) is 3. The lowest BCUT2D eigenvalue weighted by molar-refractivity contribution is -0.160. The van der Waals surface area contributed by atoms with Crippen LogP contribution in [-0.2, 0) is 9.47 Å². The minimum atomic E-state index is 0.136. The van der Waals surface area contributed by atoms with Crippen molar-refractivity contribution in [1.82, 2.24) is 0 Å². The van der Waals surface area contributed by atoms with E-state index in [1.165, 1.54) is 32.1 Å². The van der Waals surface area contributed by atoms with E-state index in [9.17, 15) is 0 Å². The second-order valence-corrected chi connectivity index (χ2v) is 6.99. The van der Waals surface area contributed by atoms with Gasteiger partial charge < -0.3 is 15.2 Å². The summed E-state index contributed by atoms with van der Waals surface area (Å²) in [7, 11) is 0. The highest BCUT2D eigenvalue weighted by Gasteiger charge is 2.47. The predicted molar refractivity (Wildman–Crippen MR) is 71.4 cm³/mol. The van der Waals surface area contributed by atoms with E-state index in [4.69, 9.17) is 15.2 Å². The monoisotopic (exact) mass is 253 g/mol. The molecule has 104 valence electrons. The van der Waals surface area contributed by atoms with E-state index in [2.05, 4.69) is 6.92 Å². The van der Waals surface area contributed by atoms with Gasteiger partial charge in [0, 0.05) is 25.9 Å². The third-order valence-electron chi connectivity index (χ3n) is 5.70. The summed E-state index contributed by atoms with van der Waals surface area (Å²) in [5, 5.41) is 0. The Kier molecular flexibility index (Phi) is 3.41. The van der Waals surface area contributed by atoms with E-state index in [1.807, 2.05) is 0 Å². The van der Waals surface area contributed by atoms with Crippen LogP contribution < -0.4 is 5.73 Å². The molecule has 3 heteroatoms. The minimum absolute atomic E-state index is 0.136. The van der Waals surface area contributed by atoms with Crippen molar-refractivity contribution in [3.05, 3.63) is 0 Å². The molecule has 3 aliphatic rings. The van der Waals surface area contributed by atoms with Crippen molar-refractivity contribution in [2.75, 3.05) is 19.8 Å². The van der Waals surface area contributed by atoms with Gasteiger partial charge in [0.25, 0.3) is 0 Å². The SMILES string of the molecule is CC1(C2CCOC3(CCOCC3)C2)CCC(N)C1. The third kappa shape index (κ3) is 2.33. The van der Waals surface area contributed by atoms with Crippen LogP contribution in [0.15, 0.2) is 0 Å². The molecule has 3 nitrogen and oxygen atoms in total. The summed E-state index contributed by atoms with van der Waals surface area (Å²) in [6.07, 6.45) is 8.38. The van der Waals surface area contributed by atoms with Crippen molar-refractivity contribution < 1.29 is 9.47 Å². The van der Waals surface area contributed by atoms with Crippen LogP contribution in [0.5, 0.6) is 0 Å². The summed E-state index contributed by atoms with van der Waals surface area (Å²) in [6, 6.07) is 0.434. The fraction of sp³-hybridized carbons (Fsp3) is 1.00. The number of rotatable bonds is 1. The van der Waals surface area contributed by atoms with Crippen LogP contribution in [0.3, 0.4) is 0 Å². The lowest BCUT2D eigenvalue weighted by Crippen LogP contribution is -2.47. The fourth-order valence-corrected chi connectivity index (χ4v) is 4.40. The fourth-order valence-electron chi connectivity index (χ4n) is 4.40. The van der Waals surface area contributed by atoms with Gasteiger partial charge in [-0.1, -0.05) is 6.92 Å². The standard InChI is InChI=1S/C15H27NO2/c1-14(4-2-13(16)11-14)12-3-7-18-15(10-12)5-8-17-9-6-15/h12-13H,2-11,16H2,1H3. The van der Waals surface area contributed by atoms with Gasteiger partial charge in [-0.25, -0.2) is 0 Å². The number of hydrogen-bond donors (Lipinski definition) is 1. The maximum atomic E-state index is 6.16. The van der Waals surface area contributed by atoms with E-state index in [0.29, 0.717) is 11.5 Å². The molecule has 0 aromatic heterocycles. The van der Waals surface area contributed by atoms with E-state index in [0.717, 1.165) is 38.6 Å². The van der Waals surface area contributed by atoms with Crippen molar-refractivity contribution in [2.24, 2.45) is 17.1 Å². The molecule has 1 spiro atoms. The molecule has 0 aromatic carbocycles. The first kappa shape index (κ1) is 12.9. The van der Waals surface area contributed by atoms with Crippen LogP contribution in [0.1, 0.15) is 51.9 Å². The molecule has 3 rings (SSSR count). The van der Waals surface area contributed by atoms with Gasteiger partial charge >= 0.3 is 0 Å². The molecule has 1 saturated carbocycles. The highest BCUT2D eigenvalue weighted by molar-refractivity contribution is 4.98. The van der Waals surface area contributed by atoms with Gasteiger partial charge in [0.2, 0.25) is 0 Å². The zero-order valence-electron chi connectivity index (χ0n) is 11.6. The molecule has 0 amide bonds. The van der Waals surface area contributed by atoms with Crippen molar-refractivity contribution >= 4 is 0 Å². The maximum absolute atomic E-state index is 6.16. The first-order valence-corrected chi connectivity index (χ1v) is 7.59. The first-order valence-electron chi connectivity index (χ1n) is 7.59. The Hall–Kier alpha value is -0.120. The maximum Gasteiger partial charge on any atom is 0.0729 e. The molecule has 2 N–H and O–H groups in total. The van der Waals surface area contributed by atoms with E-state index < -0.39 is 0 Å². The highest BCUT2D eigenvalue weighted by atomic mass is 16.5. The molecule has 0 radical (unpaired) electrons. The van der Waals surface area contributed by atoms with Crippen LogP contribution in [0.2, 0.25) is 0 Å². The molecule has 3 fully saturated rings. The molecule has 3 atom stereocenters. The molecule has 1 aliphatic carbocycles. The Morgan fingerprint density at radius 3 is 2.44 bits per heavy atom. The number of nitrogens with two attached hydrogens (primary N) is 1. The summed E-state index contributed by atoms with van der Waals surface area (Å²) in [5.41, 5.74) is 6.74. The summed E-state index contributed by atoms with van der Waals surface area (Å²) < 4.78 is 11.7. The van der Waals surface area contributed by atoms with E-state index in [-0.39, 0.29) is 5.60 Å². The molecular weight excluding hydrogens is 226 g/mol. The van der Waals surface area contributed by atoms with Crippen molar-refractivity contribution in [3.8, 4) is 0 Å². The Labute approximate surface area is 110 Å². The largest absolute Gasteiger partial charge is 0.381 e.